The number of hydrogen-bond donors (Lipinski definition) is 1. The minimum absolute atomic E-state index is 0.281. The molecule has 1 aromatic carbocycles. The SMILES string of the molecule is CCc1cc(C2CN(C)C(=S)C2C(=O)Nc2cccc(F)c2F)nn1C(F)F. The smallest absolute Gasteiger partial charge is 0.333 e. The molecule has 1 aliphatic rings. The van der Waals surface area contributed by atoms with Crippen LogP contribution in [-0.4, -0.2) is 39.2 Å². The number of anilines is 1. The number of amides is 1. The van der Waals surface area contributed by atoms with E-state index in [-0.39, 0.29) is 10.7 Å². The van der Waals surface area contributed by atoms with Crippen LogP contribution in [0.4, 0.5) is 23.2 Å². The first-order chi connectivity index (χ1) is 13.2. The second-order valence-electron chi connectivity index (χ2n) is 6.53. The average molecular weight is 414 g/mol. The van der Waals surface area contributed by atoms with E-state index in [2.05, 4.69) is 10.4 Å². The summed E-state index contributed by atoms with van der Waals surface area (Å²) in [7, 11) is 1.68. The molecule has 2 unspecified atom stereocenters. The highest BCUT2D eigenvalue weighted by Gasteiger charge is 2.43. The fourth-order valence-corrected chi connectivity index (χ4v) is 3.68. The Kier molecular flexibility index (Phi) is 5.69. The van der Waals surface area contributed by atoms with Crippen molar-refractivity contribution in [3.8, 4) is 0 Å². The largest absolute Gasteiger partial charge is 0.368 e. The number of carbonyl (C=O) groups excluding carboxylic acids is 1. The summed E-state index contributed by atoms with van der Waals surface area (Å²) in [5, 5.41) is 6.32. The summed E-state index contributed by atoms with van der Waals surface area (Å²) in [6, 6.07) is 4.96. The van der Waals surface area contributed by atoms with Gasteiger partial charge in [-0.25, -0.2) is 13.5 Å². The van der Waals surface area contributed by atoms with Crippen LogP contribution in [0.15, 0.2) is 24.3 Å². The molecule has 2 atom stereocenters. The van der Waals surface area contributed by atoms with Crippen molar-refractivity contribution in [2.45, 2.75) is 25.8 Å². The van der Waals surface area contributed by atoms with Gasteiger partial charge in [0.1, 0.15) is 0 Å². The maximum absolute atomic E-state index is 13.9. The summed E-state index contributed by atoms with van der Waals surface area (Å²) >= 11 is 5.33. The number of hydrogen-bond acceptors (Lipinski definition) is 3. The van der Waals surface area contributed by atoms with Crippen molar-refractivity contribution in [2.75, 3.05) is 18.9 Å². The van der Waals surface area contributed by atoms with E-state index < -0.39 is 35.9 Å². The predicted octanol–water partition coefficient (Wildman–Crippen LogP) is 3.73. The van der Waals surface area contributed by atoms with E-state index >= 15 is 0 Å². The summed E-state index contributed by atoms with van der Waals surface area (Å²) in [6.07, 6.45) is 0.343. The summed E-state index contributed by atoms with van der Waals surface area (Å²) in [6.45, 7) is -0.781. The van der Waals surface area contributed by atoms with Crippen molar-refractivity contribution in [3.63, 3.8) is 0 Å². The van der Waals surface area contributed by atoms with Crippen molar-refractivity contribution in [1.29, 1.82) is 0 Å². The number of likely N-dealkylation sites (N-methyl/N-ethyl adjacent to an activating group) is 1. The Morgan fingerprint density at radius 3 is 2.71 bits per heavy atom. The van der Waals surface area contributed by atoms with Gasteiger partial charge in [0.15, 0.2) is 11.6 Å². The van der Waals surface area contributed by atoms with Gasteiger partial charge in [0, 0.05) is 25.2 Å². The van der Waals surface area contributed by atoms with Gasteiger partial charge in [0.25, 0.3) is 0 Å². The molecule has 2 aromatic rings. The molecule has 1 N–H and O–H groups in total. The number of alkyl halides is 2. The number of nitrogens with one attached hydrogen (secondary N) is 1. The van der Waals surface area contributed by atoms with Gasteiger partial charge in [0.2, 0.25) is 5.91 Å². The van der Waals surface area contributed by atoms with Crippen LogP contribution in [0.1, 0.15) is 30.8 Å². The van der Waals surface area contributed by atoms with Gasteiger partial charge in [-0.15, -0.1) is 0 Å². The number of aromatic nitrogens is 2. The molecule has 2 heterocycles. The Balaban J connectivity index is 1.92. The van der Waals surface area contributed by atoms with Gasteiger partial charge in [-0.1, -0.05) is 25.2 Å². The Morgan fingerprint density at radius 1 is 1.39 bits per heavy atom. The highest BCUT2D eigenvalue weighted by atomic mass is 32.1. The molecule has 1 aromatic heterocycles. The number of thiocarbonyl (C=S) groups is 1. The molecule has 150 valence electrons. The van der Waals surface area contributed by atoms with E-state index in [1.807, 2.05) is 0 Å². The number of halogens is 4. The summed E-state index contributed by atoms with van der Waals surface area (Å²) in [5.41, 5.74) is 0.331. The van der Waals surface area contributed by atoms with Crippen LogP contribution in [0.5, 0.6) is 0 Å². The number of nitrogens with zero attached hydrogens (tertiary/aromatic N) is 3. The van der Waals surface area contributed by atoms with E-state index in [1.165, 1.54) is 18.2 Å². The topological polar surface area (TPSA) is 50.2 Å². The first kappa shape index (κ1) is 20.2. The maximum Gasteiger partial charge on any atom is 0.333 e. The molecule has 1 fully saturated rings. The van der Waals surface area contributed by atoms with E-state index in [0.717, 1.165) is 6.07 Å². The van der Waals surface area contributed by atoms with Gasteiger partial charge in [0.05, 0.1) is 22.3 Å². The number of likely N-dealkylation sites (tertiary alicyclic amines) is 1. The lowest BCUT2D eigenvalue weighted by atomic mass is 9.91. The Morgan fingerprint density at radius 2 is 2.11 bits per heavy atom. The quantitative estimate of drug-likeness (QED) is 0.598. The Labute approximate surface area is 164 Å². The van der Waals surface area contributed by atoms with E-state index in [0.29, 0.717) is 29.0 Å². The zero-order valence-corrected chi connectivity index (χ0v) is 15.9. The molecule has 0 aliphatic carbocycles. The molecule has 10 heteroatoms. The van der Waals surface area contributed by atoms with E-state index in [4.69, 9.17) is 12.2 Å². The molecule has 28 heavy (non-hydrogen) atoms. The second kappa shape index (κ2) is 7.86. The normalized spacial score (nSPS) is 19.5. The van der Waals surface area contributed by atoms with Crippen molar-refractivity contribution >= 4 is 28.8 Å². The van der Waals surface area contributed by atoms with Crippen molar-refractivity contribution in [3.05, 3.63) is 47.3 Å². The molecular weight excluding hydrogens is 396 g/mol. The molecular formula is C18H18F4N4OS. The minimum atomic E-state index is -2.80. The Hall–Kier alpha value is -2.49. The molecule has 0 radical (unpaired) electrons. The first-order valence-corrected chi connectivity index (χ1v) is 9.01. The standard InChI is InChI=1S/C18H18F4N4OS/c1-3-9-7-13(24-26(9)18(21)22)10-8-25(2)17(28)14(10)16(27)23-12-6-4-5-11(19)15(12)20/h4-7,10,14,18H,3,8H2,1-2H3,(H,23,27). The zero-order chi connectivity index (χ0) is 20.6. The van der Waals surface area contributed by atoms with Crippen LogP contribution in [-0.2, 0) is 11.2 Å². The fourth-order valence-electron chi connectivity index (χ4n) is 3.34. The molecule has 1 aliphatic heterocycles. The Bertz CT molecular complexity index is 917. The molecule has 0 saturated carbocycles. The maximum atomic E-state index is 13.9. The summed E-state index contributed by atoms with van der Waals surface area (Å²) < 4.78 is 54.3. The monoisotopic (exact) mass is 414 g/mol. The number of carbonyl (C=O) groups is 1. The predicted molar refractivity (Wildman–Crippen MR) is 99.3 cm³/mol. The van der Waals surface area contributed by atoms with E-state index in [9.17, 15) is 22.4 Å². The lowest BCUT2D eigenvalue weighted by Gasteiger charge is -2.17. The third-order valence-electron chi connectivity index (χ3n) is 4.77. The van der Waals surface area contributed by atoms with Gasteiger partial charge < -0.3 is 10.2 Å². The number of rotatable bonds is 5. The van der Waals surface area contributed by atoms with Crippen LogP contribution in [0.3, 0.4) is 0 Å². The van der Waals surface area contributed by atoms with Crippen molar-refractivity contribution in [1.82, 2.24) is 14.7 Å². The van der Waals surface area contributed by atoms with Crippen LogP contribution < -0.4 is 5.32 Å². The third kappa shape index (κ3) is 3.60. The second-order valence-corrected chi connectivity index (χ2v) is 6.95. The van der Waals surface area contributed by atoms with Crippen LogP contribution in [0.2, 0.25) is 0 Å². The molecule has 5 nitrogen and oxygen atoms in total. The third-order valence-corrected chi connectivity index (χ3v) is 5.33. The van der Waals surface area contributed by atoms with Crippen LogP contribution in [0, 0.1) is 17.6 Å². The molecule has 3 rings (SSSR count). The highest BCUT2D eigenvalue weighted by molar-refractivity contribution is 7.80. The van der Waals surface area contributed by atoms with Gasteiger partial charge in [-0.2, -0.15) is 13.9 Å². The molecule has 1 saturated heterocycles. The zero-order valence-electron chi connectivity index (χ0n) is 15.1. The lowest BCUT2D eigenvalue weighted by molar-refractivity contribution is -0.118. The van der Waals surface area contributed by atoms with Crippen LogP contribution >= 0.6 is 12.2 Å². The van der Waals surface area contributed by atoms with E-state index in [1.54, 1.807) is 18.9 Å². The van der Waals surface area contributed by atoms with Crippen molar-refractivity contribution in [2.24, 2.45) is 5.92 Å². The van der Waals surface area contributed by atoms with Gasteiger partial charge in [-0.05, 0) is 24.6 Å². The average Bonchev–Trinajstić information content (AvgIpc) is 3.20. The summed E-state index contributed by atoms with van der Waals surface area (Å²) in [4.78, 5) is 14.7. The van der Waals surface area contributed by atoms with Crippen molar-refractivity contribution < 1.29 is 22.4 Å². The lowest BCUT2D eigenvalue weighted by Crippen LogP contribution is -2.32. The minimum Gasteiger partial charge on any atom is -0.368 e. The summed E-state index contributed by atoms with van der Waals surface area (Å²) in [5.74, 6) is -4.43. The highest BCUT2D eigenvalue weighted by Crippen LogP contribution is 2.35. The van der Waals surface area contributed by atoms with Gasteiger partial charge >= 0.3 is 6.55 Å². The fraction of sp³-hybridized carbons (Fsp3) is 0.389. The number of aryl methyl sites for hydroxylation is 1. The van der Waals surface area contributed by atoms with Crippen LogP contribution in [0.25, 0.3) is 0 Å². The molecule has 1 amide bonds. The number of benzene rings is 1. The van der Waals surface area contributed by atoms with Gasteiger partial charge in [-0.3, -0.25) is 4.79 Å². The molecule has 0 bridgehead atoms. The molecule has 0 spiro atoms. The first-order valence-electron chi connectivity index (χ1n) is 8.60.